The zero-order valence-corrected chi connectivity index (χ0v) is 48.1. The fraction of sp³-hybridized carbons (Fsp3) is 0.583. The van der Waals surface area contributed by atoms with Crippen molar-refractivity contribution in [1.82, 2.24) is 46.2 Å². The molecule has 2 saturated heterocycles. The van der Waals surface area contributed by atoms with E-state index in [1.54, 1.807) is 0 Å². The number of Topliss-reactive ketones (excluding diaryl/α,β-unsaturated/α-hetero) is 2. The van der Waals surface area contributed by atoms with Gasteiger partial charge in [-0.2, -0.15) is 0 Å². The van der Waals surface area contributed by atoms with Crippen LogP contribution in [-0.2, 0) is 47.7 Å². The van der Waals surface area contributed by atoms with Crippen LogP contribution in [0.1, 0.15) is 89.3 Å². The van der Waals surface area contributed by atoms with Crippen LogP contribution in [0.5, 0.6) is 0 Å². The van der Waals surface area contributed by atoms with Crippen molar-refractivity contribution in [2.24, 2.45) is 45.5 Å². The second kappa shape index (κ2) is 29.2. The van der Waals surface area contributed by atoms with Crippen molar-refractivity contribution in [3.05, 3.63) is 51.9 Å². The van der Waals surface area contributed by atoms with Crippen molar-refractivity contribution in [2.45, 2.75) is 131 Å². The lowest BCUT2D eigenvalue weighted by Gasteiger charge is -2.53. The van der Waals surface area contributed by atoms with E-state index in [1.807, 2.05) is 0 Å². The Labute approximate surface area is 500 Å². The summed E-state index contributed by atoms with van der Waals surface area (Å²) in [6, 6.07) is -6.44. The van der Waals surface area contributed by atoms with Gasteiger partial charge < -0.3 is 116 Å². The molecule has 0 bridgehead atoms. The number of aliphatic imine (C=N–C) groups is 1. The Morgan fingerprint density at radius 1 is 0.954 bits per heavy atom. The number of aromatic nitrogens is 5. The van der Waals surface area contributed by atoms with Gasteiger partial charge in [-0.3, -0.25) is 53.5 Å². The van der Waals surface area contributed by atoms with E-state index in [1.165, 1.54) is 28.5 Å². The zero-order valence-electron chi connectivity index (χ0n) is 46.5. The number of primary amides is 3. The van der Waals surface area contributed by atoms with Crippen LogP contribution < -0.4 is 55.7 Å². The summed E-state index contributed by atoms with van der Waals surface area (Å²) < 4.78 is 24.1. The molecule has 26 N–H and O–H groups in total. The molecule has 3 aromatic heterocycles. The van der Waals surface area contributed by atoms with Crippen molar-refractivity contribution in [3.63, 3.8) is 0 Å². The monoisotopic (exact) mass is 1270 g/mol. The molecule has 0 aliphatic carbocycles. The third-order valence-corrected chi connectivity index (χ3v) is 16.3. The number of carbonyl (C=O) groups excluding carboxylic acids is 8. The number of nitrogens with two attached hydrogens (primary N) is 6. The number of rotatable bonds is 30. The number of H-pyrrole nitrogens is 1. The summed E-state index contributed by atoms with van der Waals surface area (Å²) in [6.45, 7) is 0.184. The molecule has 6 heterocycles. The number of aromatic amines is 1. The number of aliphatic hydroxyl groups is 8. The Kier molecular flexibility index (Phi) is 23.1. The van der Waals surface area contributed by atoms with Crippen molar-refractivity contribution in [3.8, 4) is 0 Å². The highest BCUT2D eigenvalue weighted by molar-refractivity contribution is 8.14. The van der Waals surface area contributed by atoms with Gasteiger partial charge in [-0.05, 0) is 6.92 Å². The van der Waals surface area contributed by atoms with Crippen molar-refractivity contribution >= 4 is 86.8 Å². The number of nitrogen functional groups attached to an aromatic ring is 1. The number of nitrogens with zero attached hydrogens (tertiary/aromatic N) is 5. The predicted octanol–water partition coefficient (Wildman–Crippen LogP) is -8.93. The molecule has 10 unspecified atom stereocenters. The highest BCUT2D eigenvalue weighted by Gasteiger charge is 2.64. The fourth-order valence-electron chi connectivity index (χ4n) is 9.09. The molecule has 0 saturated carbocycles. The van der Waals surface area contributed by atoms with E-state index in [-0.39, 0.29) is 37.4 Å². The summed E-state index contributed by atoms with van der Waals surface area (Å²) in [4.78, 5) is 131. The van der Waals surface area contributed by atoms with Gasteiger partial charge in [-0.25, -0.2) is 19.9 Å². The number of thioether (sulfide) groups is 1. The van der Waals surface area contributed by atoms with Crippen LogP contribution in [0.25, 0.3) is 0 Å². The van der Waals surface area contributed by atoms with Crippen LogP contribution in [0, 0.1) is 17.2 Å². The first-order valence-corrected chi connectivity index (χ1v) is 28.2. The maximum atomic E-state index is 15.3. The first-order valence-electron chi connectivity index (χ1n) is 26.3. The molecule has 3 aromatic rings. The van der Waals surface area contributed by atoms with Crippen LogP contribution in [0.2, 0.25) is 0 Å². The minimum Gasteiger partial charge on any atom is -0.394 e. The number of anilines is 1. The summed E-state index contributed by atoms with van der Waals surface area (Å²) in [5.41, 5.74) is 29.3. The molecule has 39 heteroatoms. The molecule has 3 aliphatic heterocycles. The summed E-state index contributed by atoms with van der Waals surface area (Å²) in [6.07, 6.45) is -19.1. The average molecular weight is 1270 g/mol. The number of aliphatic hydroxyl groups excluding tert-OH is 7. The third-order valence-electron chi connectivity index (χ3n) is 14.2. The number of imidazole rings is 1. The molecular weight excluding hydrogens is 1200 g/mol. The summed E-state index contributed by atoms with van der Waals surface area (Å²) in [5.74, 6) is -17.5. The lowest BCUT2D eigenvalue weighted by atomic mass is 9.83. The quantitative estimate of drug-likeness (QED) is 0.0128. The Morgan fingerprint density at radius 2 is 1.64 bits per heavy atom. The van der Waals surface area contributed by atoms with Crippen LogP contribution in [0.15, 0.2) is 29.0 Å². The fourth-order valence-corrected chi connectivity index (χ4v) is 11.1. The van der Waals surface area contributed by atoms with Gasteiger partial charge >= 0.3 is 0 Å². The molecule has 18 atom stereocenters. The van der Waals surface area contributed by atoms with Gasteiger partial charge in [0, 0.05) is 43.1 Å². The van der Waals surface area contributed by atoms with E-state index in [4.69, 9.17) is 58.8 Å². The number of hydrogen-bond acceptors (Lipinski definition) is 31. The summed E-state index contributed by atoms with van der Waals surface area (Å²) >= 11 is 2.54. The first kappa shape index (κ1) is 68.9. The van der Waals surface area contributed by atoms with Crippen molar-refractivity contribution in [1.29, 1.82) is 5.41 Å². The lowest BCUT2D eigenvalue weighted by molar-refractivity contribution is -0.502. The number of nitrogens with one attached hydrogen (secondary N) is 6. The highest BCUT2D eigenvalue weighted by Crippen LogP contribution is 2.44. The molecule has 0 aromatic carbocycles. The number of ether oxygens (including phenoxy) is 4. The van der Waals surface area contributed by atoms with E-state index in [2.05, 4.69) is 51.2 Å². The minimum atomic E-state index is -3.41. The van der Waals surface area contributed by atoms with Gasteiger partial charge in [0.25, 0.3) is 23.7 Å². The average Bonchev–Trinajstić information content (AvgIpc) is 1.37. The third kappa shape index (κ3) is 15.8. The maximum Gasteiger partial charge on any atom is 0.291 e. The van der Waals surface area contributed by atoms with Crippen LogP contribution in [-0.4, -0.2) is 234 Å². The first-order chi connectivity index (χ1) is 40.9. The van der Waals surface area contributed by atoms with E-state index < -0.39 is 192 Å². The maximum absolute atomic E-state index is 15.3. The van der Waals surface area contributed by atoms with Gasteiger partial charge in [-0.1, -0.05) is 13.8 Å². The number of hydrogen-bond donors (Lipinski definition) is 20. The Morgan fingerprint density at radius 3 is 2.23 bits per heavy atom. The van der Waals surface area contributed by atoms with Gasteiger partial charge in [-0.15, -0.1) is 23.1 Å². The molecule has 0 spiro atoms. The van der Waals surface area contributed by atoms with Crippen LogP contribution >= 0.6 is 23.1 Å². The molecule has 6 rings (SSSR count). The second-order valence-corrected chi connectivity index (χ2v) is 22.4. The lowest BCUT2D eigenvalue weighted by Crippen LogP contribution is -2.74. The van der Waals surface area contributed by atoms with Gasteiger partial charge in [0.15, 0.2) is 23.9 Å². The Bertz CT molecular complexity index is 3050. The topological polar surface area (TPSA) is 643 Å². The SMILES string of the molecule is CC(=O)C(NC(=O)C(C)C(O)C(=O)C(NC(=O)c1cc(N)nc(C(CC(=N)N)NCC(N)C(N)=O)n1)C(O[C@]1(OC2OC(CO)[C@H](O)[C@](O)(C(N)=O)[C@H]2O)O[C@@H](CO)[C@@H](O)[C@H](O)[C@H]1C)c1cnc[nH]1)C(=O)NCCC1=NC(c2nc(C(N)=O)cs2)CS1. The normalized spacial score (nSPS) is 27.9. The van der Waals surface area contributed by atoms with Crippen molar-refractivity contribution in [2.75, 3.05) is 37.8 Å². The van der Waals surface area contributed by atoms with Gasteiger partial charge in [0.05, 0.1) is 72.3 Å². The standard InChI is InChI=1S/C48H69N17O20S2/c1-15(41(77)64-29(17(3)68)43(79)57-5-4-28-60-23(13-86-28)44-62-22(12-87-44)39(54)76)31(69)34(72)30(65-42(78)20-7-27(52)63-40(61-20)19(6-26(50)51)58-8-18(49)38(53)75)35(21-9-56-14-59-21)84-48(16(2)32(70)33(71)24(10-66)83-48)85-45-37(74)47(81,46(55)80)36(73)25(11-67)82-45/h7,9,12,14-16,18-19,23-25,29-33,35-37,45,58,66-67,69-71,73-74,81H,4-6,8,10-11,13,49H2,1-3H3,(H3,50,51)(H2,53,75)(H2,54,76)(H2,55,80)(H,56,59)(H,57,79)(H,64,77)(H,65,78)(H2,52,61,63)/t15?,16-,18?,19?,23?,24+,25?,29?,30?,31?,32-,33-,35?,36+,37+,45?,47-,48-/m1/s1. The molecule has 0 radical (unpaired) electrons. The molecule has 2 fully saturated rings. The largest absolute Gasteiger partial charge is 0.394 e. The molecule has 478 valence electrons. The molecule has 37 nitrogen and oxygen atoms in total. The van der Waals surface area contributed by atoms with Crippen LogP contribution in [0.3, 0.4) is 0 Å². The van der Waals surface area contributed by atoms with E-state index in [0.717, 1.165) is 39.4 Å². The number of ketones is 2. The number of thiazole rings is 1. The zero-order chi connectivity index (χ0) is 64.6. The number of carbonyl (C=O) groups is 8. The van der Waals surface area contributed by atoms with Crippen molar-refractivity contribution < 1.29 is 98.2 Å². The second-order valence-electron chi connectivity index (χ2n) is 20.4. The summed E-state index contributed by atoms with van der Waals surface area (Å²) in [5, 5.41) is 110. The van der Waals surface area contributed by atoms with E-state index in [0.29, 0.717) is 15.8 Å². The van der Waals surface area contributed by atoms with Gasteiger partial charge in [0.2, 0.25) is 23.3 Å². The minimum absolute atomic E-state index is 0.0792. The molecule has 87 heavy (non-hydrogen) atoms. The highest BCUT2D eigenvalue weighted by atomic mass is 32.2. The predicted molar refractivity (Wildman–Crippen MR) is 297 cm³/mol. The Hall–Kier alpha value is -7.19. The summed E-state index contributed by atoms with van der Waals surface area (Å²) in [7, 11) is 0. The number of amides is 6. The molecule has 3 aliphatic rings. The smallest absolute Gasteiger partial charge is 0.291 e. The van der Waals surface area contributed by atoms with Crippen LogP contribution in [0.4, 0.5) is 5.82 Å². The Balaban J connectivity index is 1.38. The van der Waals surface area contributed by atoms with Gasteiger partial charge in [0.1, 0.15) is 82.8 Å². The van der Waals surface area contributed by atoms with E-state index >= 15 is 4.79 Å². The molecular formula is C48H69N17O20S2. The molecule has 6 amide bonds. The number of amidine groups is 1. The van der Waals surface area contributed by atoms with E-state index in [9.17, 15) is 74.4 Å².